The molecule has 2 aliphatic rings. The number of carbonyl (C=O) groups excluding carboxylic acids is 1. The van der Waals surface area contributed by atoms with Crippen molar-refractivity contribution < 1.29 is 4.79 Å². The minimum atomic E-state index is 0.122. The lowest BCUT2D eigenvalue weighted by atomic mass is 9.94. The summed E-state index contributed by atoms with van der Waals surface area (Å²) >= 11 is 0. The van der Waals surface area contributed by atoms with Crippen molar-refractivity contribution in [1.29, 1.82) is 5.26 Å². The predicted octanol–water partition coefficient (Wildman–Crippen LogP) is 3.19. The first-order chi connectivity index (χ1) is 13.2. The minimum Gasteiger partial charge on any atom is -0.356 e. The number of H-pyrrole nitrogens is 1. The summed E-state index contributed by atoms with van der Waals surface area (Å²) < 4.78 is 0. The molecule has 0 radical (unpaired) electrons. The number of aromatic amines is 1. The Bertz CT molecular complexity index is 831. The van der Waals surface area contributed by atoms with Crippen molar-refractivity contribution in [1.82, 2.24) is 15.2 Å². The van der Waals surface area contributed by atoms with E-state index < -0.39 is 0 Å². The van der Waals surface area contributed by atoms with E-state index in [0.717, 1.165) is 68.8 Å². The van der Waals surface area contributed by atoms with Crippen LogP contribution in [0.1, 0.15) is 55.7 Å². The average Bonchev–Trinajstić information content (AvgIpc) is 3.40. The van der Waals surface area contributed by atoms with Crippen LogP contribution in [-0.2, 0) is 4.79 Å². The van der Waals surface area contributed by atoms with E-state index in [4.69, 9.17) is 5.26 Å². The number of piperidine rings is 1. The van der Waals surface area contributed by atoms with Gasteiger partial charge in [0.05, 0.1) is 23.1 Å². The monoisotopic (exact) mass is 364 g/mol. The van der Waals surface area contributed by atoms with Crippen LogP contribution < -0.4 is 10.2 Å². The molecule has 2 N–H and O–H groups in total. The van der Waals surface area contributed by atoms with E-state index >= 15 is 0 Å². The standard InChI is InChI=1S/C20H24N6O/c21-10-14-7-8-18(22-11-14)26-9-3-6-16(13-26)19-17(12-23-25-19)24-20(27)15-4-1-2-5-15/h7-8,11-12,15-16H,1-6,9,13H2,(H,23,25)(H,24,27)/t16-/m0/s1. The lowest BCUT2D eigenvalue weighted by Gasteiger charge is -2.33. The summed E-state index contributed by atoms with van der Waals surface area (Å²) in [5.41, 5.74) is 2.38. The van der Waals surface area contributed by atoms with Crippen molar-refractivity contribution in [2.45, 2.75) is 44.4 Å². The molecule has 1 amide bonds. The Morgan fingerprint density at radius 1 is 1.22 bits per heavy atom. The average molecular weight is 364 g/mol. The molecule has 0 aromatic carbocycles. The van der Waals surface area contributed by atoms with Crippen LogP contribution in [0.25, 0.3) is 0 Å². The van der Waals surface area contributed by atoms with Crippen LogP contribution in [0.15, 0.2) is 24.5 Å². The highest BCUT2D eigenvalue weighted by molar-refractivity contribution is 5.93. The van der Waals surface area contributed by atoms with Gasteiger partial charge in [-0.2, -0.15) is 10.4 Å². The van der Waals surface area contributed by atoms with Crippen LogP contribution >= 0.6 is 0 Å². The van der Waals surface area contributed by atoms with Crippen LogP contribution in [0.5, 0.6) is 0 Å². The normalized spacial score (nSPS) is 20.4. The Morgan fingerprint density at radius 2 is 2.07 bits per heavy atom. The molecule has 0 bridgehead atoms. The Labute approximate surface area is 158 Å². The smallest absolute Gasteiger partial charge is 0.227 e. The number of pyridine rings is 1. The maximum Gasteiger partial charge on any atom is 0.227 e. The first-order valence-electron chi connectivity index (χ1n) is 9.70. The van der Waals surface area contributed by atoms with Gasteiger partial charge in [0.2, 0.25) is 5.91 Å². The Hall–Kier alpha value is -2.88. The van der Waals surface area contributed by atoms with Crippen LogP contribution in [0.4, 0.5) is 11.5 Å². The summed E-state index contributed by atoms with van der Waals surface area (Å²) in [5, 5.41) is 19.3. The second-order valence-electron chi connectivity index (χ2n) is 7.47. The molecule has 2 aromatic heterocycles. The molecule has 3 heterocycles. The molecule has 1 aliphatic carbocycles. The maximum absolute atomic E-state index is 12.5. The largest absolute Gasteiger partial charge is 0.356 e. The summed E-state index contributed by atoms with van der Waals surface area (Å²) in [6.45, 7) is 1.75. The van der Waals surface area contributed by atoms with Crippen LogP contribution in [0.3, 0.4) is 0 Å². The molecule has 1 aliphatic heterocycles. The highest BCUT2D eigenvalue weighted by Crippen LogP contribution is 2.33. The number of nitrogens with zero attached hydrogens (tertiary/aromatic N) is 4. The van der Waals surface area contributed by atoms with Crippen molar-refractivity contribution in [2.75, 3.05) is 23.3 Å². The number of aromatic nitrogens is 3. The van der Waals surface area contributed by atoms with Crippen molar-refractivity contribution >= 4 is 17.4 Å². The highest BCUT2D eigenvalue weighted by atomic mass is 16.1. The van der Waals surface area contributed by atoms with Crippen LogP contribution in [-0.4, -0.2) is 34.2 Å². The van der Waals surface area contributed by atoms with Crippen molar-refractivity contribution in [3.63, 3.8) is 0 Å². The topological polar surface area (TPSA) is 97.7 Å². The van der Waals surface area contributed by atoms with Crippen molar-refractivity contribution in [2.24, 2.45) is 5.92 Å². The SMILES string of the molecule is N#Cc1ccc(N2CCC[C@H](c3[nH]ncc3NC(=O)C3CCCC3)C2)nc1. The van der Waals surface area contributed by atoms with Gasteiger partial charge in [-0.1, -0.05) is 12.8 Å². The number of hydrogen-bond acceptors (Lipinski definition) is 5. The fourth-order valence-corrected chi connectivity index (χ4v) is 4.19. The van der Waals surface area contributed by atoms with Crippen molar-refractivity contribution in [3.05, 3.63) is 35.8 Å². The Morgan fingerprint density at radius 3 is 2.81 bits per heavy atom. The van der Waals surface area contributed by atoms with E-state index in [-0.39, 0.29) is 17.7 Å². The summed E-state index contributed by atoms with van der Waals surface area (Å²) in [6.07, 6.45) is 9.68. The van der Waals surface area contributed by atoms with E-state index in [9.17, 15) is 4.79 Å². The molecule has 2 fully saturated rings. The molecule has 7 nitrogen and oxygen atoms in total. The molecule has 1 atom stereocenters. The Balaban J connectivity index is 1.46. The van der Waals surface area contributed by atoms with Gasteiger partial charge in [0.1, 0.15) is 11.9 Å². The number of hydrogen-bond donors (Lipinski definition) is 2. The van der Waals surface area contributed by atoms with E-state index in [1.807, 2.05) is 6.07 Å². The fourth-order valence-electron chi connectivity index (χ4n) is 4.19. The summed E-state index contributed by atoms with van der Waals surface area (Å²) in [7, 11) is 0. The number of amides is 1. The zero-order chi connectivity index (χ0) is 18.6. The molecule has 140 valence electrons. The Kier molecular flexibility index (Phi) is 5.05. The predicted molar refractivity (Wildman–Crippen MR) is 102 cm³/mol. The number of carbonyl (C=O) groups is 1. The number of rotatable bonds is 4. The number of nitriles is 1. The van der Waals surface area contributed by atoms with Gasteiger partial charge in [-0.3, -0.25) is 9.89 Å². The summed E-state index contributed by atoms with van der Waals surface area (Å²) in [5.74, 6) is 1.40. The van der Waals surface area contributed by atoms with Gasteiger partial charge in [-0.05, 0) is 37.8 Å². The van der Waals surface area contributed by atoms with E-state index in [1.54, 1.807) is 18.5 Å². The quantitative estimate of drug-likeness (QED) is 0.868. The van der Waals surface area contributed by atoms with E-state index in [0.29, 0.717) is 5.56 Å². The third-order valence-electron chi connectivity index (χ3n) is 5.68. The lowest BCUT2D eigenvalue weighted by molar-refractivity contribution is -0.119. The van der Waals surface area contributed by atoms with Gasteiger partial charge in [0.15, 0.2) is 0 Å². The zero-order valence-corrected chi connectivity index (χ0v) is 15.3. The third-order valence-corrected chi connectivity index (χ3v) is 5.68. The molecule has 0 spiro atoms. The first kappa shape index (κ1) is 17.5. The maximum atomic E-state index is 12.5. The first-order valence-corrected chi connectivity index (χ1v) is 9.70. The highest BCUT2D eigenvalue weighted by Gasteiger charge is 2.28. The molecular formula is C20H24N6O. The molecule has 2 aromatic rings. The molecule has 1 saturated heterocycles. The van der Waals surface area contributed by atoms with Gasteiger partial charge in [-0.25, -0.2) is 4.98 Å². The summed E-state index contributed by atoms with van der Waals surface area (Å²) in [4.78, 5) is 19.1. The van der Waals surface area contributed by atoms with Crippen LogP contribution in [0, 0.1) is 17.2 Å². The minimum absolute atomic E-state index is 0.122. The fraction of sp³-hybridized carbons (Fsp3) is 0.500. The molecular weight excluding hydrogens is 340 g/mol. The van der Waals surface area contributed by atoms with Crippen molar-refractivity contribution in [3.8, 4) is 6.07 Å². The molecule has 1 saturated carbocycles. The zero-order valence-electron chi connectivity index (χ0n) is 15.3. The molecule has 7 heteroatoms. The van der Waals surface area contributed by atoms with Gasteiger partial charge in [0.25, 0.3) is 0 Å². The van der Waals surface area contributed by atoms with Gasteiger partial charge in [0, 0.05) is 31.1 Å². The molecule has 0 unspecified atom stereocenters. The van der Waals surface area contributed by atoms with Gasteiger partial charge >= 0.3 is 0 Å². The number of nitrogens with one attached hydrogen (secondary N) is 2. The molecule has 4 rings (SSSR count). The van der Waals surface area contributed by atoms with Gasteiger partial charge in [-0.15, -0.1) is 0 Å². The van der Waals surface area contributed by atoms with E-state index in [1.165, 1.54) is 0 Å². The van der Waals surface area contributed by atoms with Crippen LogP contribution in [0.2, 0.25) is 0 Å². The second-order valence-corrected chi connectivity index (χ2v) is 7.47. The van der Waals surface area contributed by atoms with Gasteiger partial charge < -0.3 is 10.2 Å². The second kappa shape index (κ2) is 7.78. The molecule has 27 heavy (non-hydrogen) atoms. The number of anilines is 2. The summed E-state index contributed by atoms with van der Waals surface area (Å²) in [6, 6.07) is 5.80. The van der Waals surface area contributed by atoms with E-state index in [2.05, 4.69) is 31.5 Å². The third kappa shape index (κ3) is 3.80. The lowest BCUT2D eigenvalue weighted by Crippen LogP contribution is -2.35.